The molecule has 21 heavy (non-hydrogen) atoms. The summed E-state index contributed by atoms with van der Waals surface area (Å²) in [7, 11) is 1.62. The molecule has 0 saturated heterocycles. The Morgan fingerprint density at radius 1 is 1.24 bits per heavy atom. The molecule has 0 aliphatic carbocycles. The Kier molecular flexibility index (Phi) is 3.19. The highest BCUT2D eigenvalue weighted by atomic mass is 32.1. The summed E-state index contributed by atoms with van der Waals surface area (Å²) in [6.07, 6.45) is 0. The summed E-state index contributed by atoms with van der Waals surface area (Å²) in [5, 5.41) is 11.4. The number of aromatic nitrogens is 1. The minimum Gasteiger partial charge on any atom is -0.456 e. The van der Waals surface area contributed by atoms with Crippen LogP contribution in [0.2, 0.25) is 0 Å². The molecule has 0 unspecified atom stereocenters. The summed E-state index contributed by atoms with van der Waals surface area (Å²) >= 11 is 1.15. The molecule has 7 heteroatoms. The molecule has 2 aromatic carbocycles. The average Bonchev–Trinajstić information content (AvgIpc) is 2.75. The molecule has 6 nitrogen and oxygen atoms in total. The molecule has 0 N–H and O–H groups in total. The fourth-order valence-corrected chi connectivity index (χ4v) is 2.93. The SMILES string of the molecule is Cn1sc2cc([N+](=O)[O-])cc(Oc3ccccc3)c2c1=O. The number of rotatable bonds is 3. The number of fused-ring (bicyclic) bond motifs is 1. The van der Waals surface area contributed by atoms with Crippen molar-refractivity contribution in [1.82, 2.24) is 3.96 Å². The number of benzene rings is 2. The molecule has 0 radical (unpaired) electrons. The van der Waals surface area contributed by atoms with Gasteiger partial charge >= 0.3 is 0 Å². The second-order valence-electron chi connectivity index (χ2n) is 4.38. The van der Waals surface area contributed by atoms with Gasteiger partial charge in [-0.25, -0.2) is 0 Å². The quantitative estimate of drug-likeness (QED) is 0.549. The number of non-ortho nitro benzene ring substituents is 1. The topological polar surface area (TPSA) is 74.4 Å². The second kappa shape index (κ2) is 5.02. The van der Waals surface area contributed by atoms with Crippen LogP contribution in [0.15, 0.2) is 47.3 Å². The van der Waals surface area contributed by atoms with Gasteiger partial charge in [-0.15, -0.1) is 0 Å². The highest BCUT2D eigenvalue weighted by Crippen LogP contribution is 2.34. The third-order valence-corrected chi connectivity index (χ3v) is 3.93. The molecular weight excluding hydrogens is 292 g/mol. The molecule has 0 bridgehead atoms. The van der Waals surface area contributed by atoms with Crippen LogP contribution >= 0.6 is 11.5 Å². The number of nitro groups is 1. The van der Waals surface area contributed by atoms with Gasteiger partial charge in [0.2, 0.25) is 0 Å². The zero-order valence-electron chi connectivity index (χ0n) is 11.0. The molecule has 1 aromatic heterocycles. The number of nitrogens with zero attached hydrogens (tertiary/aromatic N) is 2. The van der Waals surface area contributed by atoms with Gasteiger partial charge in [0, 0.05) is 13.1 Å². The summed E-state index contributed by atoms with van der Waals surface area (Å²) in [6, 6.07) is 11.5. The number of para-hydroxylation sites is 1. The first-order chi connectivity index (χ1) is 10.1. The second-order valence-corrected chi connectivity index (χ2v) is 5.55. The van der Waals surface area contributed by atoms with Crippen molar-refractivity contribution in [3.63, 3.8) is 0 Å². The third-order valence-electron chi connectivity index (χ3n) is 2.97. The van der Waals surface area contributed by atoms with Crippen molar-refractivity contribution in [2.24, 2.45) is 7.05 Å². The van der Waals surface area contributed by atoms with Crippen molar-refractivity contribution in [3.8, 4) is 11.5 Å². The average molecular weight is 302 g/mol. The van der Waals surface area contributed by atoms with E-state index in [2.05, 4.69) is 0 Å². The van der Waals surface area contributed by atoms with Crippen LogP contribution in [0.4, 0.5) is 5.69 Å². The Morgan fingerprint density at radius 2 is 1.95 bits per heavy atom. The molecule has 1 heterocycles. The van der Waals surface area contributed by atoms with Crippen LogP contribution in [-0.4, -0.2) is 8.88 Å². The van der Waals surface area contributed by atoms with Crippen molar-refractivity contribution in [1.29, 1.82) is 0 Å². The minimum atomic E-state index is -0.499. The first-order valence-electron chi connectivity index (χ1n) is 6.07. The first kappa shape index (κ1) is 13.3. The lowest BCUT2D eigenvalue weighted by Crippen LogP contribution is -2.08. The predicted octanol–water partition coefficient (Wildman–Crippen LogP) is 3.30. The molecular formula is C14H10N2O4S. The number of hydrogen-bond donors (Lipinski definition) is 0. The monoisotopic (exact) mass is 302 g/mol. The van der Waals surface area contributed by atoms with Gasteiger partial charge in [0.05, 0.1) is 15.7 Å². The van der Waals surface area contributed by atoms with Gasteiger partial charge < -0.3 is 4.74 Å². The first-order valence-corrected chi connectivity index (χ1v) is 6.85. The molecule has 0 atom stereocenters. The van der Waals surface area contributed by atoms with E-state index >= 15 is 0 Å². The van der Waals surface area contributed by atoms with Crippen LogP contribution in [-0.2, 0) is 7.05 Å². The van der Waals surface area contributed by atoms with E-state index in [1.165, 1.54) is 16.1 Å². The molecule has 3 rings (SSSR count). The van der Waals surface area contributed by atoms with E-state index in [1.54, 1.807) is 31.3 Å². The zero-order chi connectivity index (χ0) is 15.0. The van der Waals surface area contributed by atoms with Gasteiger partial charge in [-0.3, -0.25) is 18.9 Å². The molecule has 0 aliphatic heterocycles. The summed E-state index contributed by atoms with van der Waals surface area (Å²) in [6.45, 7) is 0. The van der Waals surface area contributed by atoms with Gasteiger partial charge in [0.25, 0.3) is 11.2 Å². The summed E-state index contributed by atoms with van der Waals surface area (Å²) in [5.41, 5.74) is -0.328. The number of ether oxygens (including phenoxy) is 1. The van der Waals surface area contributed by atoms with E-state index in [0.29, 0.717) is 15.8 Å². The minimum absolute atomic E-state index is 0.102. The summed E-state index contributed by atoms with van der Waals surface area (Å²) in [5.74, 6) is 0.722. The summed E-state index contributed by atoms with van der Waals surface area (Å²) < 4.78 is 7.62. The maximum atomic E-state index is 12.1. The van der Waals surface area contributed by atoms with E-state index in [0.717, 1.165) is 11.5 Å². The molecule has 0 aliphatic rings. The van der Waals surface area contributed by atoms with E-state index in [4.69, 9.17) is 4.74 Å². The molecule has 0 amide bonds. The highest BCUT2D eigenvalue weighted by molar-refractivity contribution is 7.13. The van der Waals surface area contributed by atoms with Crippen LogP contribution in [0, 0.1) is 10.1 Å². The third kappa shape index (κ3) is 2.38. The lowest BCUT2D eigenvalue weighted by Gasteiger charge is -2.06. The van der Waals surface area contributed by atoms with Crippen molar-refractivity contribution < 1.29 is 9.66 Å². The maximum Gasteiger partial charge on any atom is 0.274 e. The summed E-state index contributed by atoms with van der Waals surface area (Å²) in [4.78, 5) is 22.7. The molecule has 106 valence electrons. The van der Waals surface area contributed by atoms with Crippen LogP contribution < -0.4 is 10.3 Å². The van der Waals surface area contributed by atoms with E-state index in [9.17, 15) is 14.9 Å². The molecule has 0 fully saturated rings. The smallest absolute Gasteiger partial charge is 0.274 e. The fourth-order valence-electron chi connectivity index (χ4n) is 2.01. The Morgan fingerprint density at radius 3 is 2.62 bits per heavy atom. The van der Waals surface area contributed by atoms with Crippen molar-refractivity contribution >= 4 is 27.3 Å². The Bertz CT molecular complexity index is 883. The van der Waals surface area contributed by atoms with Crippen LogP contribution in [0.1, 0.15) is 0 Å². The van der Waals surface area contributed by atoms with Gasteiger partial charge in [-0.2, -0.15) is 0 Å². The molecule has 0 saturated carbocycles. The van der Waals surface area contributed by atoms with Crippen LogP contribution in [0.5, 0.6) is 11.5 Å². The molecule has 3 aromatic rings. The normalized spacial score (nSPS) is 10.7. The van der Waals surface area contributed by atoms with Crippen LogP contribution in [0.3, 0.4) is 0 Å². The lowest BCUT2D eigenvalue weighted by atomic mass is 10.2. The highest BCUT2D eigenvalue weighted by Gasteiger charge is 2.18. The van der Waals surface area contributed by atoms with Crippen molar-refractivity contribution in [2.75, 3.05) is 0 Å². The zero-order valence-corrected chi connectivity index (χ0v) is 11.8. The maximum absolute atomic E-state index is 12.1. The van der Waals surface area contributed by atoms with Gasteiger partial charge in [-0.05, 0) is 12.1 Å². The molecule has 0 spiro atoms. The Balaban J connectivity index is 2.23. The number of nitro benzene ring substituents is 1. The lowest BCUT2D eigenvalue weighted by molar-refractivity contribution is -0.384. The number of hydrogen-bond acceptors (Lipinski definition) is 5. The Labute approximate surface area is 123 Å². The number of aryl methyl sites for hydroxylation is 1. The van der Waals surface area contributed by atoms with Gasteiger partial charge in [0.15, 0.2) is 0 Å². The van der Waals surface area contributed by atoms with E-state index in [-0.39, 0.29) is 17.0 Å². The van der Waals surface area contributed by atoms with Crippen molar-refractivity contribution in [3.05, 3.63) is 62.9 Å². The van der Waals surface area contributed by atoms with Gasteiger partial charge in [-0.1, -0.05) is 29.7 Å². The fraction of sp³-hybridized carbons (Fsp3) is 0.0714. The largest absolute Gasteiger partial charge is 0.456 e. The standard InChI is InChI=1S/C14H10N2O4S/c1-15-14(17)13-11(20-10-5-3-2-4-6-10)7-9(16(18)19)8-12(13)21-15/h2-8H,1H3. The Hall–Kier alpha value is -2.67. The van der Waals surface area contributed by atoms with Gasteiger partial charge in [0.1, 0.15) is 16.9 Å². The van der Waals surface area contributed by atoms with E-state index < -0.39 is 4.92 Å². The predicted molar refractivity (Wildman–Crippen MR) is 80.2 cm³/mol. The van der Waals surface area contributed by atoms with E-state index in [1.807, 2.05) is 6.07 Å². The van der Waals surface area contributed by atoms with Crippen molar-refractivity contribution in [2.45, 2.75) is 0 Å². The van der Waals surface area contributed by atoms with Crippen LogP contribution in [0.25, 0.3) is 10.1 Å².